The molecule has 0 saturated heterocycles. The summed E-state index contributed by atoms with van der Waals surface area (Å²) >= 11 is 25.6. The molecular formula is C22H13Cl4NO2S. The number of hydrogen-bond acceptors (Lipinski definition) is 3. The standard InChI is InChI=1S/C22H13Cl4NO2S/c23-13-6-4-12(5-7-13)19-21(30-16-8-9-17(25)18(26)11-16)20(28)22(29)27(19)15-3-1-2-14(24)10-15/h1-11,19,28H. The van der Waals surface area contributed by atoms with Crippen molar-refractivity contribution in [2.75, 3.05) is 4.90 Å². The van der Waals surface area contributed by atoms with Crippen LogP contribution in [0.15, 0.2) is 82.3 Å². The van der Waals surface area contributed by atoms with E-state index in [1.807, 2.05) is 12.1 Å². The minimum atomic E-state index is -0.562. The Morgan fingerprint density at radius 3 is 2.23 bits per heavy atom. The zero-order valence-corrected chi connectivity index (χ0v) is 19.0. The van der Waals surface area contributed by atoms with Crippen LogP contribution >= 0.6 is 58.2 Å². The molecule has 1 N–H and O–H groups in total. The molecule has 152 valence electrons. The molecule has 0 saturated carbocycles. The van der Waals surface area contributed by atoms with E-state index >= 15 is 0 Å². The number of carbonyl (C=O) groups is 1. The number of rotatable bonds is 4. The topological polar surface area (TPSA) is 40.5 Å². The molecule has 1 aliphatic heterocycles. The summed E-state index contributed by atoms with van der Waals surface area (Å²) in [6, 6.07) is 18.7. The maximum Gasteiger partial charge on any atom is 0.294 e. The van der Waals surface area contributed by atoms with Gasteiger partial charge < -0.3 is 5.11 Å². The summed E-state index contributed by atoms with van der Waals surface area (Å²) in [6.45, 7) is 0. The van der Waals surface area contributed by atoms with Crippen LogP contribution in [0.4, 0.5) is 5.69 Å². The summed E-state index contributed by atoms with van der Waals surface area (Å²) in [5, 5.41) is 12.7. The molecule has 30 heavy (non-hydrogen) atoms. The SMILES string of the molecule is O=C1C(O)=C(Sc2ccc(Cl)c(Cl)c2)C(c2ccc(Cl)cc2)N1c1cccc(Cl)c1. The number of hydrogen-bond donors (Lipinski definition) is 1. The molecule has 0 radical (unpaired) electrons. The van der Waals surface area contributed by atoms with Gasteiger partial charge in [-0.1, -0.05) is 76.4 Å². The van der Waals surface area contributed by atoms with E-state index in [1.54, 1.807) is 54.6 Å². The van der Waals surface area contributed by atoms with Crippen molar-refractivity contribution in [2.24, 2.45) is 0 Å². The van der Waals surface area contributed by atoms with E-state index < -0.39 is 11.9 Å². The molecule has 3 aromatic carbocycles. The van der Waals surface area contributed by atoms with Gasteiger partial charge in [-0.05, 0) is 54.1 Å². The average Bonchev–Trinajstić information content (AvgIpc) is 2.96. The number of benzene rings is 3. The highest BCUT2D eigenvalue weighted by atomic mass is 35.5. The molecule has 1 unspecified atom stereocenters. The number of thioether (sulfide) groups is 1. The Bertz CT molecular complexity index is 1160. The Morgan fingerprint density at radius 1 is 0.833 bits per heavy atom. The van der Waals surface area contributed by atoms with Crippen molar-refractivity contribution >= 4 is 69.8 Å². The van der Waals surface area contributed by atoms with Crippen molar-refractivity contribution < 1.29 is 9.90 Å². The summed E-state index contributed by atoms with van der Waals surface area (Å²) in [5.74, 6) is -0.842. The second-order valence-corrected chi connectivity index (χ2v) is 9.30. The van der Waals surface area contributed by atoms with Gasteiger partial charge in [-0.15, -0.1) is 0 Å². The van der Waals surface area contributed by atoms with Gasteiger partial charge >= 0.3 is 0 Å². The Hall–Kier alpha value is -1.82. The lowest BCUT2D eigenvalue weighted by atomic mass is 10.1. The van der Waals surface area contributed by atoms with Crippen LogP contribution in [0.2, 0.25) is 20.1 Å². The largest absolute Gasteiger partial charge is 0.502 e. The van der Waals surface area contributed by atoms with Crippen LogP contribution in [-0.2, 0) is 4.79 Å². The van der Waals surface area contributed by atoms with Crippen LogP contribution in [0.3, 0.4) is 0 Å². The molecule has 0 aromatic heterocycles. The number of aliphatic hydroxyl groups is 1. The Balaban J connectivity index is 1.82. The molecule has 4 rings (SSSR count). The first-order valence-electron chi connectivity index (χ1n) is 8.76. The minimum absolute atomic E-state index is 0.328. The number of nitrogens with zero attached hydrogens (tertiary/aromatic N) is 1. The van der Waals surface area contributed by atoms with Crippen molar-refractivity contribution in [3.8, 4) is 0 Å². The zero-order chi connectivity index (χ0) is 21.4. The van der Waals surface area contributed by atoms with Crippen LogP contribution in [-0.4, -0.2) is 11.0 Å². The van der Waals surface area contributed by atoms with Crippen LogP contribution in [0.5, 0.6) is 0 Å². The molecule has 8 heteroatoms. The van der Waals surface area contributed by atoms with E-state index in [0.717, 1.165) is 10.5 Å². The Labute approximate surface area is 197 Å². The van der Waals surface area contributed by atoms with Gasteiger partial charge in [0.15, 0.2) is 5.76 Å². The molecule has 1 aliphatic rings. The molecule has 3 aromatic rings. The highest BCUT2D eigenvalue weighted by molar-refractivity contribution is 8.03. The number of amides is 1. The fraction of sp³-hybridized carbons (Fsp3) is 0.0455. The fourth-order valence-electron chi connectivity index (χ4n) is 3.19. The number of carbonyl (C=O) groups excluding carboxylic acids is 1. The summed E-state index contributed by atoms with van der Waals surface area (Å²) in [5.41, 5.74) is 1.36. The third kappa shape index (κ3) is 4.16. The lowest BCUT2D eigenvalue weighted by molar-refractivity contribution is -0.117. The Morgan fingerprint density at radius 2 is 1.57 bits per heavy atom. The molecule has 0 spiro atoms. The number of anilines is 1. The van der Waals surface area contributed by atoms with Crippen molar-refractivity contribution in [1.82, 2.24) is 0 Å². The summed E-state index contributed by atoms with van der Waals surface area (Å²) in [7, 11) is 0. The van der Waals surface area contributed by atoms with E-state index in [2.05, 4.69) is 0 Å². The molecule has 0 bridgehead atoms. The van der Waals surface area contributed by atoms with E-state index in [1.165, 1.54) is 16.7 Å². The molecular weight excluding hydrogens is 484 g/mol. The van der Waals surface area contributed by atoms with Gasteiger partial charge in [-0.3, -0.25) is 9.69 Å². The van der Waals surface area contributed by atoms with E-state index in [0.29, 0.717) is 30.7 Å². The molecule has 0 fully saturated rings. The lowest BCUT2D eigenvalue weighted by Crippen LogP contribution is -2.30. The van der Waals surface area contributed by atoms with Crippen LogP contribution in [0, 0.1) is 0 Å². The van der Waals surface area contributed by atoms with E-state index in [9.17, 15) is 9.90 Å². The Kier molecular flexibility index (Phi) is 6.24. The third-order valence-corrected chi connectivity index (χ3v) is 6.90. The molecule has 3 nitrogen and oxygen atoms in total. The first-order chi connectivity index (χ1) is 14.3. The van der Waals surface area contributed by atoms with Gasteiger partial charge in [0, 0.05) is 20.6 Å². The summed E-state index contributed by atoms with van der Waals surface area (Å²) < 4.78 is 0. The van der Waals surface area contributed by atoms with Gasteiger partial charge in [0.05, 0.1) is 21.0 Å². The van der Waals surface area contributed by atoms with Gasteiger partial charge in [0.1, 0.15) is 0 Å². The molecule has 1 amide bonds. The quantitative estimate of drug-likeness (QED) is 0.398. The maximum absolute atomic E-state index is 13.1. The first kappa shape index (κ1) is 21.4. The van der Waals surface area contributed by atoms with Gasteiger partial charge in [0.25, 0.3) is 5.91 Å². The summed E-state index contributed by atoms with van der Waals surface area (Å²) in [6.07, 6.45) is 0. The predicted molar refractivity (Wildman–Crippen MR) is 125 cm³/mol. The van der Waals surface area contributed by atoms with Crippen LogP contribution in [0.25, 0.3) is 0 Å². The summed E-state index contributed by atoms with van der Waals surface area (Å²) in [4.78, 5) is 15.8. The molecule has 0 aliphatic carbocycles. The highest BCUT2D eigenvalue weighted by Gasteiger charge is 2.42. The molecule has 1 heterocycles. The van der Waals surface area contributed by atoms with Gasteiger partial charge in [-0.25, -0.2) is 0 Å². The highest BCUT2D eigenvalue weighted by Crippen LogP contribution is 2.48. The second-order valence-electron chi connectivity index (χ2n) is 6.50. The monoisotopic (exact) mass is 495 g/mol. The van der Waals surface area contributed by atoms with E-state index in [4.69, 9.17) is 46.4 Å². The maximum atomic E-state index is 13.1. The zero-order valence-electron chi connectivity index (χ0n) is 15.2. The predicted octanol–water partition coefficient (Wildman–Crippen LogP) is 7.95. The minimum Gasteiger partial charge on any atom is -0.502 e. The van der Waals surface area contributed by atoms with Crippen molar-refractivity contribution in [3.63, 3.8) is 0 Å². The van der Waals surface area contributed by atoms with Crippen molar-refractivity contribution in [1.29, 1.82) is 0 Å². The van der Waals surface area contributed by atoms with E-state index in [-0.39, 0.29) is 5.76 Å². The van der Waals surface area contributed by atoms with Crippen molar-refractivity contribution in [3.05, 3.63) is 103 Å². The van der Waals surface area contributed by atoms with Gasteiger partial charge in [-0.2, -0.15) is 0 Å². The van der Waals surface area contributed by atoms with Crippen LogP contribution < -0.4 is 4.90 Å². The second kappa shape index (κ2) is 8.74. The average molecular weight is 497 g/mol. The lowest BCUT2D eigenvalue weighted by Gasteiger charge is -2.27. The number of aliphatic hydroxyl groups excluding tert-OH is 1. The molecule has 1 atom stereocenters. The normalized spacial score (nSPS) is 16.5. The smallest absolute Gasteiger partial charge is 0.294 e. The van der Waals surface area contributed by atoms with Crippen LogP contribution in [0.1, 0.15) is 11.6 Å². The number of halogens is 4. The first-order valence-corrected chi connectivity index (χ1v) is 11.1. The third-order valence-electron chi connectivity index (χ3n) is 4.55. The fourth-order valence-corrected chi connectivity index (χ4v) is 4.97. The van der Waals surface area contributed by atoms with Crippen molar-refractivity contribution in [2.45, 2.75) is 10.9 Å². The van der Waals surface area contributed by atoms with Gasteiger partial charge in [0.2, 0.25) is 0 Å².